The molecule has 104 valence electrons. The Labute approximate surface area is 115 Å². The topological polar surface area (TPSA) is 61.6 Å². The molecule has 1 amide bonds. The van der Waals surface area contributed by atoms with Crippen LogP contribution in [0, 0.1) is 0 Å². The quantitative estimate of drug-likeness (QED) is 0.679. The highest BCUT2D eigenvalue weighted by atomic mass is 32.1. The minimum atomic E-state index is -0.0627. The second kappa shape index (κ2) is 7.01. The van der Waals surface area contributed by atoms with Gasteiger partial charge in [0.2, 0.25) is 5.91 Å². The van der Waals surface area contributed by atoms with Crippen LogP contribution in [0.3, 0.4) is 0 Å². The van der Waals surface area contributed by atoms with Crippen LogP contribution in [0.2, 0.25) is 0 Å². The first kappa shape index (κ1) is 15.3. The third-order valence-corrected chi connectivity index (χ3v) is 3.93. The molecule has 0 bridgehead atoms. The highest BCUT2D eigenvalue weighted by molar-refractivity contribution is 7.80. The molecule has 3 N–H and O–H groups in total. The number of hydrogen-bond donors (Lipinski definition) is 2. The van der Waals surface area contributed by atoms with Crippen LogP contribution in [0.4, 0.5) is 0 Å². The summed E-state index contributed by atoms with van der Waals surface area (Å²) >= 11 is 5.01. The van der Waals surface area contributed by atoms with E-state index in [1.165, 1.54) is 0 Å². The van der Waals surface area contributed by atoms with Gasteiger partial charge in [-0.1, -0.05) is 12.2 Å². The summed E-state index contributed by atoms with van der Waals surface area (Å²) in [6.45, 7) is 10.2. The van der Waals surface area contributed by atoms with Crippen LogP contribution in [0.1, 0.15) is 20.8 Å². The number of nitrogens with two attached hydrogens (primary N) is 1. The van der Waals surface area contributed by atoms with Gasteiger partial charge < -0.3 is 11.1 Å². The van der Waals surface area contributed by atoms with E-state index in [1.807, 2.05) is 20.8 Å². The highest BCUT2D eigenvalue weighted by Gasteiger charge is 2.27. The smallest absolute Gasteiger partial charge is 0.237 e. The third kappa shape index (κ3) is 3.90. The molecule has 5 nitrogen and oxygen atoms in total. The van der Waals surface area contributed by atoms with Gasteiger partial charge in [0.05, 0.1) is 17.1 Å². The number of amides is 1. The SMILES string of the molecule is CCNC(=O)C(C)N1CCN(C(C)C(N)=S)CC1. The predicted molar refractivity (Wildman–Crippen MR) is 77.5 cm³/mol. The van der Waals surface area contributed by atoms with Gasteiger partial charge in [-0.25, -0.2) is 0 Å². The zero-order chi connectivity index (χ0) is 13.7. The Morgan fingerprint density at radius 2 is 1.67 bits per heavy atom. The number of carbonyl (C=O) groups excluding carboxylic acids is 1. The lowest BCUT2D eigenvalue weighted by Crippen LogP contribution is -2.57. The molecule has 1 fully saturated rings. The number of hydrogen-bond acceptors (Lipinski definition) is 4. The van der Waals surface area contributed by atoms with E-state index >= 15 is 0 Å². The summed E-state index contributed by atoms with van der Waals surface area (Å²) < 4.78 is 0. The number of nitrogens with zero attached hydrogens (tertiary/aromatic N) is 2. The van der Waals surface area contributed by atoms with Crippen molar-refractivity contribution < 1.29 is 4.79 Å². The summed E-state index contributed by atoms with van der Waals surface area (Å²) in [5, 5.41) is 2.86. The molecule has 18 heavy (non-hydrogen) atoms. The zero-order valence-electron chi connectivity index (χ0n) is 11.5. The molecule has 2 unspecified atom stereocenters. The van der Waals surface area contributed by atoms with E-state index in [-0.39, 0.29) is 18.0 Å². The van der Waals surface area contributed by atoms with Crippen molar-refractivity contribution in [3.8, 4) is 0 Å². The van der Waals surface area contributed by atoms with Gasteiger partial charge in [0.15, 0.2) is 0 Å². The van der Waals surface area contributed by atoms with Crippen molar-refractivity contribution in [1.82, 2.24) is 15.1 Å². The molecule has 0 aromatic carbocycles. The lowest BCUT2D eigenvalue weighted by Gasteiger charge is -2.39. The zero-order valence-corrected chi connectivity index (χ0v) is 12.3. The molecule has 0 spiro atoms. The maximum Gasteiger partial charge on any atom is 0.237 e. The monoisotopic (exact) mass is 272 g/mol. The average Bonchev–Trinajstić information content (AvgIpc) is 2.37. The molecule has 0 aromatic heterocycles. The Kier molecular flexibility index (Phi) is 5.98. The summed E-state index contributed by atoms with van der Waals surface area (Å²) in [5.74, 6) is 0.105. The van der Waals surface area contributed by atoms with Gasteiger partial charge in [-0.05, 0) is 20.8 Å². The van der Waals surface area contributed by atoms with Crippen molar-refractivity contribution >= 4 is 23.1 Å². The average molecular weight is 272 g/mol. The molecule has 1 heterocycles. The maximum atomic E-state index is 11.8. The summed E-state index contributed by atoms with van der Waals surface area (Å²) in [4.78, 5) is 16.8. The van der Waals surface area contributed by atoms with Gasteiger partial charge in [0.25, 0.3) is 0 Å². The first-order valence-electron chi connectivity index (χ1n) is 6.52. The van der Waals surface area contributed by atoms with Crippen molar-refractivity contribution in [3.63, 3.8) is 0 Å². The van der Waals surface area contributed by atoms with Crippen LogP contribution in [0.5, 0.6) is 0 Å². The van der Waals surface area contributed by atoms with Crippen molar-refractivity contribution in [2.75, 3.05) is 32.7 Å². The largest absolute Gasteiger partial charge is 0.392 e. The fourth-order valence-electron chi connectivity index (χ4n) is 2.18. The molecular formula is C12H24N4OS. The van der Waals surface area contributed by atoms with Crippen molar-refractivity contribution in [2.45, 2.75) is 32.9 Å². The maximum absolute atomic E-state index is 11.8. The second-order valence-electron chi connectivity index (χ2n) is 4.72. The van der Waals surface area contributed by atoms with E-state index in [1.54, 1.807) is 0 Å². The van der Waals surface area contributed by atoms with Crippen molar-refractivity contribution in [2.24, 2.45) is 5.73 Å². The molecule has 0 aliphatic carbocycles. The van der Waals surface area contributed by atoms with E-state index in [4.69, 9.17) is 18.0 Å². The first-order valence-corrected chi connectivity index (χ1v) is 6.93. The Hall–Kier alpha value is -0.720. The minimum Gasteiger partial charge on any atom is -0.392 e. The normalized spacial score (nSPS) is 21.3. The Bertz CT molecular complexity index is 302. The predicted octanol–water partition coefficient (Wildman–Crippen LogP) is -0.197. The molecule has 1 saturated heterocycles. The Balaban J connectivity index is 2.43. The summed E-state index contributed by atoms with van der Waals surface area (Å²) in [5.41, 5.74) is 5.66. The molecule has 6 heteroatoms. The van der Waals surface area contributed by atoms with Gasteiger partial charge in [0, 0.05) is 32.7 Å². The lowest BCUT2D eigenvalue weighted by atomic mass is 10.2. The molecule has 0 radical (unpaired) electrons. The summed E-state index contributed by atoms with van der Waals surface area (Å²) in [6, 6.07) is 0.0779. The van der Waals surface area contributed by atoms with Crippen LogP contribution in [0.15, 0.2) is 0 Å². The van der Waals surface area contributed by atoms with E-state index < -0.39 is 0 Å². The number of likely N-dealkylation sites (N-methyl/N-ethyl adjacent to an activating group) is 1. The third-order valence-electron chi connectivity index (χ3n) is 3.59. The van der Waals surface area contributed by atoms with Gasteiger partial charge in [0.1, 0.15) is 0 Å². The number of rotatable bonds is 5. The Morgan fingerprint density at radius 3 is 2.06 bits per heavy atom. The van der Waals surface area contributed by atoms with Crippen LogP contribution < -0.4 is 11.1 Å². The fourth-order valence-corrected chi connectivity index (χ4v) is 2.33. The molecular weight excluding hydrogens is 248 g/mol. The van der Waals surface area contributed by atoms with Gasteiger partial charge in [-0.2, -0.15) is 0 Å². The molecule has 2 atom stereocenters. The number of carbonyl (C=O) groups is 1. The van der Waals surface area contributed by atoms with Crippen molar-refractivity contribution in [3.05, 3.63) is 0 Å². The molecule has 1 aliphatic heterocycles. The molecule has 1 aliphatic rings. The highest BCUT2D eigenvalue weighted by Crippen LogP contribution is 2.09. The van der Waals surface area contributed by atoms with E-state index in [0.717, 1.165) is 26.2 Å². The molecule has 0 aromatic rings. The number of piperazine rings is 1. The number of thiocarbonyl (C=S) groups is 1. The molecule has 0 saturated carbocycles. The van der Waals surface area contributed by atoms with Crippen LogP contribution in [0.25, 0.3) is 0 Å². The fraction of sp³-hybridized carbons (Fsp3) is 0.833. The Morgan fingerprint density at radius 1 is 1.22 bits per heavy atom. The summed E-state index contributed by atoms with van der Waals surface area (Å²) in [6.07, 6.45) is 0. The van der Waals surface area contributed by atoms with E-state index in [2.05, 4.69) is 15.1 Å². The molecule has 1 rings (SSSR count). The van der Waals surface area contributed by atoms with Gasteiger partial charge in [-0.15, -0.1) is 0 Å². The minimum absolute atomic E-state index is 0.0627. The lowest BCUT2D eigenvalue weighted by molar-refractivity contribution is -0.126. The van der Waals surface area contributed by atoms with Crippen LogP contribution in [-0.4, -0.2) is 65.5 Å². The summed E-state index contributed by atoms with van der Waals surface area (Å²) in [7, 11) is 0. The number of nitrogens with one attached hydrogen (secondary N) is 1. The van der Waals surface area contributed by atoms with Gasteiger partial charge >= 0.3 is 0 Å². The van der Waals surface area contributed by atoms with Crippen molar-refractivity contribution in [1.29, 1.82) is 0 Å². The van der Waals surface area contributed by atoms with Gasteiger partial charge in [-0.3, -0.25) is 14.6 Å². The van der Waals surface area contributed by atoms with Crippen LogP contribution >= 0.6 is 12.2 Å². The van der Waals surface area contributed by atoms with E-state index in [0.29, 0.717) is 11.5 Å². The van der Waals surface area contributed by atoms with E-state index in [9.17, 15) is 4.79 Å². The standard InChI is InChI=1S/C12H24N4OS/c1-4-14-12(17)10(3)16-7-5-15(6-8-16)9(2)11(13)18/h9-10H,4-8H2,1-3H3,(H2,13,18)(H,14,17). The first-order chi connectivity index (χ1) is 8.47. The van der Waals surface area contributed by atoms with Crippen LogP contribution in [-0.2, 0) is 4.79 Å². The second-order valence-corrected chi connectivity index (χ2v) is 5.19.